The van der Waals surface area contributed by atoms with Crippen molar-refractivity contribution in [3.05, 3.63) is 47.4 Å². The third-order valence-corrected chi connectivity index (χ3v) is 5.31. The normalized spacial score (nSPS) is 15.9. The first kappa shape index (κ1) is 19.5. The van der Waals surface area contributed by atoms with Crippen molar-refractivity contribution in [3.63, 3.8) is 0 Å². The lowest BCUT2D eigenvalue weighted by Crippen LogP contribution is -2.45. The number of nitrogen functional groups attached to an aromatic ring is 1. The van der Waals surface area contributed by atoms with E-state index in [0.29, 0.717) is 44.0 Å². The summed E-state index contributed by atoms with van der Waals surface area (Å²) < 4.78 is 22.6. The van der Waals surface area contributed by atoms with Crippen molar-refractivity contribution in [1.82, 2.24) is 15.0 Å². The number of hydrogen-bond acceptors (Lipinski definition) is 8. The van der Waals surface area contributed by atoms with Crippen molar-refractivity contribution < 1.29 is 13.6 Å². The molecule has 3 rings (SSSR count). The molecule has 1 saturated heterocycles. The van der Waals surface area contributed by atoms with Gasteiger partial charge in [-0.3, -0.25) is 4.98 Å². The second kappa shape index (κ2) is 8.17. The van der Waals surface area contributed by atoms with Crippen LogP contribution in [0.15, 0.2) is 30.6 Å². The average Bonchev–Trinajstić information content (AvgIpc) is 2.62. The molecule has 0 amide bonds. The number of aryl methyl sites for hydroxylation is 1. The van der Waals surface area contributed by atoms with Crippen LogP contribution in [0.3, 0.4) is 0 Å². The highest BCUT2D eigenvalue weighted by Crippen LogP contribution is 2.27. The summed E-state index contributed by atoms with van der Waals surface area (Å²) in [5.74, 6) is 0.118. The molecule has 10 heteroatoms. The largest absolute Gasteiger partial charge is 0.383 e. The summed E-state index contributed by atoms with van der Waals surface area (Å²) in [7, 11) is -3.59. The third-order valence-electron chi connectivity index (χ3n) is 4.54. The number of anilines is 2. The molecule has 0 unspecified atom stereocenters. The molecule has 0 atom stereocenters. The van der Waals surface area contributed by atoms with E-state index in [-0.39, 0.29) is 12.2 Å². The minimum Gasteiger partial charge on any atom is -0.383 e. The summed E-state index contributed by atoms with van der Waals surface area (Å²) in [5.41, 5.74) is 9.44. The molecule has 0 spiro atoms. The fourth-order valence-electron chi connectivity index (χ4n) is 3.09. The Bertz CT molecular complexity index is 883. The van der Waals surface area contributed by atoms with Crippen LogP contribution in [0.4, 0.5) is 11.5 Å². The zero-order valence-corrected chi connectivity index (χ0v) is 15.8. The number of hydrogen-bond donors (Lipinski definition) is 3. The number of piperazine rings is 1. The van der Waals surface area contributed by atoms with Gasteiger partial charge < -0.3 is 15.8 Å². The van der Waals surface area contributed by atoms with Crippen LogP contribution >= 0.6 is 0 Å². The Balaban J connectivity index is 1.94. The molecule has 27 heavy (non-hydrogen) atoms. The van der Waals surface area contributed by atoms with E-state index in [9.17, 15) is 13.6 Å². The van der Waals surface area contributed by atoms with Crippen LogP contribution < -0.4 is 15.8 Å². The number of sulfonamides is 1. The minimum absolute atomic E-state index is 0.190. The molecule has 1 fully saturated rings. The highest BCUT2D eigenvalue weighted by atomic mass is 32.2. The average molecular weight is 392 g/mol. The lowest BCUT2D eigenvalue weighted by molar-refractivity contribution is -0.0935. The number of nitrogens with two attached hydrogens (primary N) is 2. The topological polar surface area (TPSA) is 139 Å². The van der Waals surface area contributed by atoms with E-state index < -0.39 is 10.0 Å². The van der Waals surface area contributed by atoms with Crippen LogP contribution in [-0.2, 0) is 22.9 Å². The standard InChI is InChI=1S/C17H24N6O3S/c18-17-14(3-9-27(19,25)26)11-16(22-5-7-23(24)8-6-22)15(21-17)10-13-2-1-4-20-12-13/h1-2,4,11-12,24H,3,5-10H2,(H2,18,21)(H2,19,25,26). The van der Waals surface area contributed by atoms with E-state index in [1.807, 2.05) is 18.2 Å². The van der Waals surface area contributed by atoms with E-state index in [0.717, 1.165) is 16.9 Å². The molecule has 1 aliphatic heterocycles. The van der Waals surface area contributed by atoms with Gasteiger partial charge in [0.25, 0.3) is 0 Å². The van der Waals surface area contributed by atoms with Gasteiger partial charge in [-0.05, 0) is 29.7 Å². The van der Waals surface area contributed by atoms with Gasteiger partial charge in [0.05, 0.1) is 17.1 Å². The van der Waals surface area contributed by atoms with Crippen LogP contribution in [0.5, 0.6) is 0 Å². The van der Waals surface area contributed by atoms with Crippen LogP contribution in [-0.4, -0.2) is 60.6 Å². The number of pyridine rings is 2. The molecule has 2 aromatic heterocycles. The molecule has 146 valence electrons. The molecule has 3 heterocycles. The second-order valence-corrected chi connectivity index (χ2v) is 8.33. The SMILES string of the molecule is Nc1nc(Cc2cccnc2)c(N2CCN(O)CC2)cc1CCS(N)(=O)=O. The summed E-state index contributed by atoms with van der Waals surface area (Å²) >= 11 is 0. The third kappa shape index (κ3) is 5.36. The van der Waals surface area contributed by atoms with Crippen molar-refractivity contribution in [3.8, 4) is 0 Å². The fourth-order valence-corrected chi connectivity index (χ4v) is 3.59. The van der Waals surface area contributed by atoms with Crippen molar-refractivity contribution >= 4 is 21.5 Å². The van der Waals surface area contributed by atoms with Gasteiger partial charge in [0.1, 0.15) is 5.82 Å². The Morgan fingerprint density at radius 2 is 1.96 bits per heavy atom. The summed E-state index contributed by atoms with van der Waals surface area (Å²) in [6.45, 7) is 2.31. The first-order valence-corrected chi connectivity index (χ1v) is 10.4. The van der Waals surface area contributed by atoms with Crippen molar-refractivity contribution in [2.24, 2.45) is 5.14 Å². The molecule has 0 saturated carbocycles. The number of hydroxylamine groups is 2. The Hall–Kier alpha value is -2.27. The summed E-state index contributed by atoms with van der Waals surface area (Å²) in [5, 5.41) is 16.0. The molecule has 0 bridgehead atoms. The van der Waals surface area contributed by atoms with Gasteiger partial charge in [0.2, 0.25) is 10.0 Å². The van der Waals surface area contributed by atoms with Crippen LogP contribution in [0.1, 0.15) is 16.8 Å². The van der Waals surface area contributed by atoms with Crippen molar-refractivity contribution in [2.75, 3.05) is 42.6 Å². The van der Waals surface area contributed by atoms with Crippen LogP contribution in [0, 0.1) is 0 Å². The van der Waals surface area contributed by atoms with Gasteiger partial charge in [-0.15, -0.1) is 0 Å². The smallest absolute Gasteiger partial charge is 0.209 e. The van der Waals surface area contributed by atoms with Crippen LogP contribution in [0.2, 0.25) is 0 Å². The van der Waals surface area contributed by atoms with Crippen LogP contribution in [0.25, 0.3) is 0 Å². The maximum absolute atomic E-state index is 11.3. The number of rotatable bonds is 6. The van der Waals surface area contributed by atoms with Gasteiger partial charge in [-0.1, -0.05) is 6.07 Å². The molecule has 1 aliphatic rings. The molecule has 9 nitrogen and oxygen atoms in total. The Morgan fingerprint density at radius 1 is 1.22 bits per heavy atom. The first-order chi connectivity index (χ1) is 12.8. The minimum atomic E-state index is -3.59. The van der Waals surface area contributed by atoms with E-state index in [2.05, 4.69) is 14.9 Å². The predicted molar refractivity (Wildman–Crippen MR) is 103 cm³/mol. The van der Waals surface area contributed by atoms with Gasteiger partial charge >= 0.3 is 0 Å². The highest BCUT2D eigenvalue weighted by Gasteiger charge is 2.21. The lowest BCUT2D eigenvalue weighted by atomic mass is 10.1. The van der Waals surface area contributed by atoms with E-state index in [4.69, 9.17) is 10.9 Å². The zero-order chi connectivity index (χ0) is 19.4. The van der Waals surface area contributed by atoms with Gasteiger partial charge in [-0.2, -0.15) is 5.06 Å². The van der Waals surface area contributed by atoms with E-state index >= 15 is 0 Å². The predicted octanol–water partition coefficient (Wildman–Crippen LogP) is -0.00820. The van der Waals surface area contributed by atoms with Gasteiger partial charge in [0.15, 0.2) is 0 Å². The second-order valence-electron chi connectivity index (χ2n) is 6.59. The molecule has 2 aromatic rings. The molecule has 5 N–H and O–H groups in total. The Labute approximate surface area is 158 Å². The maximum atomic E-state index is 11.3. The maximum Gasteiger partial charge on any atom is 0.209 e. The van der Waals surface area contributed by atoms with Gasteiger partial charge in [-0.25, -0.2) is 18.5 Å². The Morgan fingerprint density at radius 3 is 2.59 bits per heavy atom. The number of aromatic nitrogens is 2. The Kier molecular flexibility index (Phi) is 5.90. The zero-order valence-electron chi connectivity index (χ0n) is 15.0. The quantitative estimate of drug-likeness (QED) is 0.624. The lowest BCUT2D eigenvalue weighted by Gasteiger charge is -2.34. The van der Waals surface area contributed by atoms with E-state index in [1.165, 1.54) is 5.06 Å². The summed E-state index contributed by atoms with van der Waals surface area (Å²) in [6, 6.07) is 5.73. The fraction of sp³-hybridized carbons (Fsp3) is 0.412. The monoisotopic (exact) mass is 392 g/mol. The van der Waals surface area contributed by atoms with Crippen molar-refractivity contribution in [1.29, 1.82) is 0 Å². The molecule has 0 aliphatic carbocycles. The summed E-state index contributed by atoms with van der Waals surface area (Å²) in [4.78, 5) is 10.8. The van der Waals surface area contributed by atoms with E-state index in [1.54, 1.807) is 12.4 Å². The molecule has 0 radical (unpaired) electrons. The molecular weight excluding hydrogens is 368 g/mol. The number of primary sulfonamides is 1. The first-order valence-electron chi connectivity index (χ1n) is 8.68. The highest BCUT2D eigenvalue weighted by molar-refractivity contribution is 7.89. The summed E-state index contributed by atoms with van der Waals surface area (Å²) in [6.07, 6.45) is 4.26. The van der Waals surface area contributed by atoms with Gasteiger partial charge in [0, 0.05) is 45.0 Å². The van der Waals surface area contributed by atoms with Crippen molar-refractivity contribution in [2.45, 2.75) is 12.8 Å². The molecular formula is C17H24N6O3S. The number of nitrogens with zero attached hydrogens (tertiary/aromatic N) is 4. The molecule has 0 aromatic carbocycles.